The third kappa shape index (κ3) is 7.73. The summed E-state index contributed by atoms with van der Waals surface area (Å²) < 4.78 is 10.5. The second-order valence-electron chi connectivity index (χ2n) is 10.2. The van der Waals surface area contributed by atoms with E-state index in [9.17, 15) is 14.4 Å². The van der Waals surface area contributed by atoms with Crippen molar-refractivity contribution < 1.29 is 23.9 Å². The van der Waals surface area contributed by atoms with Crippen molar-refractivity contribution in [3.05, 3.63) is 59.2 Å². The van der Waals surface area contributed by atoms with Crippen LogP contribution in [-0.4, -0.2) is 47.6 Å². The number of carbonyl (C=O) groups is 3. The number of carbonyl (C=O) groups excluding carboxylic acids is 3. The zero-order valence-corrected chi connectivity index (χ0v) is 22.8. The van der Waals surface area contributed by atoms with Crippen LogP contribution in [0.5, 0.6) is 5.75 Å². The average Bonchev–Trinajstić information content (AvgIpc) is 2.77. The number of nitrogens with zero attached hydrogens (tertiary/aromatic N) is 1. The van der Waals surface area contributed by atoms with Crippen molar-refractivity contribution in [1.29, 1.82) is 0 Å². The molecular weight excluding hydrogens is 458 g/mol. The highest BCUT2D eigenvalue weighted by molar-refractivity contribution is 5.99. The van der Waals surface area contributed by atoms with Gasteiger partial charge in [0, 0.05) is 11.7 Å². The quantitative estimate of drug-likeness (QED) is 0.526. The molecule has 196 valence electrons. The first-order chi connectivity index (χ1) is 16.7. The Morgan fingerprint density at radius 1 is 0.917 bits per heavy atom. The molecule has 0 aliphatic carbocycles. The molecule has 2 atom stereocenters. The van der Waals surface area contributed by atoms with Crippen molar-refractivity contribution in [2.75, 3.05) is 12.4 Å². The summed E-state index contributed by atoms with van der Waals surface area (Å²) in [4.78, 5) is 41.2. The standard InChI is InChI=1S/C28H39N3O5/c1-17(2)31(26(33)20(5)29-27(34)36-28(6,7)8)24(21-11-10-18(3)19(4)16-21)25(32)30-22-12-14-23(35-9)15-13-22/h10-17,20,24H,1-9H3,(H,29,34)(H,30,32). The van der Waals surface area contributed by atoms with Crippen molar-refractivity contribution >= 4 is 23.6 Å². The van der Waals surface area contributed by atoms with Gasteiger partial charge in [0.25, 0.3) is 5.91 Å². The number of anilines is 1. The lowest BCUT2D eigenvalue weighted by Crippen LogP contribution is -2.53. The molecule has 0 aliphatic heterocycles. The van der Waals surface area contributed by atoms with Gasteiger partial charge in [-0.3, -0.25) is 9.59 Å². The number of hydrogen-bond acceptors (Lipinski definition) is 5. The maximum atomic E-state index is 13.7. The molecule has 2 rings (SSSR count). The molecule has 0 aromatic heterocycles. The normalized spacial score (nSPS) is 12.9. The maximum absolute atomic E-state index is 13.7. The van der Waals surface area contributed by atoms with E-state index in [1.807, 2.05) is 45.9 Å². The largest absolute Gasteiger partial charge is 0.497 e. The zero-order valence-electron chi connectivity index (χ0n) is 22.8. The molecule has 2 unspecified atom stereocenters. The van der Waals surface area contributed by atoms with Crippen LogP contribution in [0, 0.1) is 13.8 Å². The fourth-order valence-corrected chi connectivity index (χ4v) is 3.71. The molecule has 0 spiro atoms. The number of rotatable bonds is 8. The van der Waals surface area contributed by atoms with E-state index in [0.29, 0.717) is 17.0 Å². The molecule has 2 aromatic rings. The van der Waals surface area contributed by atoms with E-state index in [4.69, 9.17) is 9.47 Å². The van der Waals surface area contributed by atoms with Crippen molar-refractivity contribution in [3.63, 3.8) is 0 Å². The average molecular weight is 498 g/mol. The number of amides is 3. The molecule has 0 radical (unpaired) electrons. The monoisotopic (exact) mass is 497 g/mol. The van der Waals surface area contributed by atoms with Crippen LogP contribution in [0.4, 0.5) is 10.5 Å². The SMILES string of the molecule is COc1ccc(NC(=O)C(c2ccc(C)c(C)c2)N(C(=O)C(C)NC(=O)OC(C)(C)C)C(C)C)cc1. The Hall–Kier alpha value is -3.55. The molecular formula is C28H39N3O5. The summed E-state index contributed by atoms with van der Waals surface area (Å²) >= 11 is 0. The molecule has 3 amide bonds. The highest BCUT2D eigenvalue weighted by atomic mass is 16.6. The minimum absolute atomic E-state index is 0.339. The Morgan fingerprint density at radius 3 is 2.03 bits per heavy atom. The number of methoxy groups -OCH3 is 1. The lowest BCUT2D eigenvalue weighted by atomic mass is 9.97. The number of alkyl carbamates (subject to hydrolysis) is 1. The van der Waals surface area contributed by atoms with E-state index in [-0.39, 0.29) is 11.9 Å². The number of ether oxygens (including phenoxy) is 2. The lowest BCUT2D eigenvalue weighted by molar-refractivity contribution is -0.142. The van der Waals surface area contributed by atoms with E-state index >= 15 is 0 Å². The van der Waals surface area contributed by atoms with Crippen LogP contribution in [0.25, 0.3) is 0 Å². The predicted molar refractivity (Wildman–Crippen MR) is 141 cm³/mol. The van der Waals surface area contributed by atoms with Gasteiger partial charge in [0.15, 0.2) is 0 Å². The van der Waals surface area contributed by atoms with Gasteiger partial charge in [-0.15, -0.1) is 0 Å². The minimum atomic E-state index is -0.929. The first-order valence-electron chi connectivity index (χ1n) is 12.1. The van der Waals surface area contributed by atoms with Gasteiger partial charge >= 0.3 is 6.09 Å². The first-order valence-corrected chi connectivity index (χ1v) is 12.1. The maximum Gasteiger partial charge on any atom is 0.408 e. The molecule has 0 aliphatic rings. The predicted octanol–water partition coefficient (Wildman–Crippen LogP) is 5.14. The Bertz CT molecular complexity index is 1070. The van der Waals surface area contributed by atoms with Crippen LogP contribution in [-0.2, 0) is 14.3 Å². The summed E-state index contributed by atoms with van der Waals surface area (Å²) in [5.41, 5.74) is 2.63. The number of aryl methyl sites for hydroxylation is 2. The minimum Gasteiger partial charge on any atom is -0.497 e. The second kappa shape index (κ2) is 11.9. The summed E-state index contributed by atoms with van der Waals surface area (Å²) in [6.07, 6.45) is -0.697. The zero-order chi connectivity index (χ0) is 27.2. The van der Waals surface area contributed by atoms with Crippen LogP contribution >= 0.6 is 0 Å². The lowest BCUT2D eigenvalue weighted by Gasteiger charge is -2.36. The summed E-state index contributed by atoms with van der Waals surface area (Å²) in [7, 11) is 1.57. The highest BCUT2D eigenvalue weighted by Crippen LogP contribution is 2.28. The Balaban J connectivity index is 2.43. The molecule has 0 fully saturated rings. The smallest absolute Gasteiger partial charge is 0.408 e. The molecule has 0 bridgehead atoms. The van der Waals surface area contributed by atoms with Gasteiger partial charge < -0.3 is 25.0 Å². The fourth-order valence-electron chi connectivity index (χ4n) is 3.71. The molecule has 0 saturated heterocycles. The topological polar surface area (TPSA) is 97.0 Å². The van der Waals surface area contributed by atoms with Crippen LogP contribution in [0.1, 0.15) is 64.3 Å². The van der Waals surface area contributed by atoms with Crippen LogP contribution in [0.2, 0.25) is 0 Å². The molecule has 2 N–H and O–H groups in total. The summed E-state index contributed by atoms with van der Waals surface area (Å²) in [5.74, 6) is -0.0985. The van der Waals surface area contributed by atoms with Crippen molar-refractivity contribution in [1.82, 2.24) is 10.2 Å². The molecule has 8 heteroatoms. The highest BCUT2D eigenvalue weighted by Gasteiger charge is 2.36. The van der Waals surface area contributed by atoms with Gasteiger partial charge in [-0.05, 0) is 96.3 Å². The number of hydrogen-bond donors (Lipinski definition) is 2. The van der Waals surface area contributed by atoms with Gasteiger partial charge in [0.2, 0.25) is 5.91 Å². The summed E-state index contributed by atoms with van der Waals surface area (Å²) in [6.45, 7) is 14.5. The first kappa shape index (κ1) is 28.7. The van der Waals surface area contributed by atoms with Crippen LogP contribution in [0.3, 0.4) is 0 Å². The fraction of sp³-hybridized carbons (Fsp3) is 0.464. The molecule has 2 aromatic carbocycles. The van der Waals surface area contributed by atoms with Gasteiger partial charge in [0.1, 0.15) is 23.4 Å². The van der Waals surface area contributed by atoms with Crippen molar-refractivity contribution in [3.8, 4) is 5.75 Å². The number of nitrogens with one attached hydrogen (secondary N) is 2. The third-order valence-corrected chi connectivity index (χ3v) is 5.65. The van der Waals surface area contributed by atoms with Crippen molar-refractivity contribution in [2.24, 2.45) is 0 Å². The van der Waals surface area contributed by atoms with Crippen LogP contribution < -0.4 is 15.4 Å². The van der Waals surface area contributed by atoms with Gasteiger partial charge in [0.05, 0.1) is 7.11 Å². The van der Waals surface area contributed by atoms with E-state index in [2.05, 4.69) is 10.6 Å². The summed E-state index contributed by atoms with van der Waals surface area (Å²) in [6, 6.07) is 10.5. The Labute approximate surface area is 214 Å². The second-order valence-corrected chi connectivity index (χ2v) is 10.2. The van der Waals surface area contributed by atoms with Gasteiger partial charge in [-0.2, -0.15) is 0 Å². The summed E-state index contributed by atoms with van der Waals surface area (Å²) in [5, 5.41) is 5.53. The van der Waals surface area contributed by atoms with E-state index < -0.39 is 29.7 Å². The molecule has 0 saturated carbocycles. The molecule has 8 nitrogen and oxygen atoms in total. The van der Waals surface area contributed by atoms with E-state index in [1.165, 1.54) is 4.90 Å². The number of benzene rings is 2. The Morgan fingerprint density at radius 2 is 1.53 bits per heavy atom. The molecule has 36 heavy (non-hydrogen) atoms. The van der Waals surface area contributed by atoms with Gasteiger partial charge in [-0.25, -0.2) is 4.79 Å². The van der Waals surface area contributed by atoms with E-state index in [0.717, 1.165) is 11.1 Å². The molecule has 0 heterocycles. The Kier molecular flexibility index (Phi) is 9.50. The third-order valence-electron chi connectivity index (χ3n) is 5.65. The van der Waals surface area contributed by atoms with Gasteiger partial charge in [-0.1, -0.05) is 18.2 Å². The van der Waals surface area contributed by atoms with Crippen LogP contribution in [0.15, 0.2) is 42.5 Å². The van der Waals surface area contributed by atoms with Crippen molar-refractivity contribution in [2.45, 2.75) is 79.1 Å². The van der Waals surface area contributed by atoms with E-state index in [1.54, 1.807) is 59.1 Å².